The molecule has 0 spiro atoms. The largest absolute Gasteiger partial charge is 0.463 e. The molecule has 2 aromatic carbocycles. The Morgan fingerprint density at radius 2 is 2.00 bits per heavy atom. The molecular weight excluding hydrogens is 312 g/mol. The lowest BCUT2D eigenvalue weighted by atomic mass is 10.0. The number of aromatic nitrogens is 2. The van der Waals surface area contributed by atoms with E-state index in [0.29, 0.717) is 10.8 Å². The molecule has 1 N–H and O–H groups in total. The molecule has 118 valence electrons. The second-order valence-corrected chi connectivity index (χ2v) is 6.14. The molecule has 4 rings (SSSR count). The fourth-order valence-electron chi connectivity index (χ4n) is 2.84. The lowest BCUT2D eigenvalue weighted by molar-refractivity contribution is -0.105. The third kappa shape index (κ3) is 3.05. The molecule has 4 nitrogen and oxygen atoms in total. The van der Waals surface area contributed by atoms with Crippen LogP contribution < -0.4 is 4.74 Å². The number of rotatable bonds is 3. The van der Waals surface area contributed by atoms with Gasteiger partial charge in [0.25, 0.3) is 0 Å². The van der Waals surface area contributed by atoms with Gasteiger partial charge in [-0.1, -0.05) is 23.7 Å². The van der Waals surface area contributed by atoms with Crippen LogP contribution in [0.3, 0.4) is 0 Å². The summed E-state index contributed by atoms with van der Waals surface area (Å²) >= 11 is 6.40. The summed E-state index contributed by atoms with van der Waals surface area (Å²) < 4.78 is 11.5. The van der Waals surface area contributed by atoms with E-state index in [0.717, 1.165) is 47.9 Å². The minimum atomic E-state index is -0.186. The third-order valence-corrected chi connectivity index (χ3v) is 4.40. The van der Waals surface area contributed by atoms with Crippen LogP contribution in [0.15, 0.2) is 42.6 Å². The molecule has 1 aliphatic heterocycles. The van der Waals surface area contributed by atoms with E-state index in [-0.39, 0.29) is 6.29 Å². The summed E-state index contributed by atoms with van der Waals surface area (Å²) in [5.41, 5.74) is 3.17. The van der Waals surface area contributed by atoms with Gasteiger partial charge < -0.3 is 9.47 Å². The highest BCUT2D eigenvalue weighted by Gasteiger charge is 2.17. The van der Waals surface area contributed by atoms with Crippen molar-refractivity contribution in [2.45, 2.75) is 25.6 Å². The first kappa shape index (κ1) is 14.5. The van der Waals surface area contributed by atoms with E-state index in [1.165, 1.54) is 0 Å². The van der Waals surface area contributed by atoms with Gasteiger partial charge >= 0.3 is 0 Å². The number of aromatic amines is 1. The number of nitrogens with one attached hydrogen (secondary N) is 1. The summed E-state index contributed by atoms with van der Waals surface area (Å²) in [4.78, 5) is 0. The fraction of sp³-hybridized carbons (Fsp3) is 0.278. The Labute approximate surface area is 139 Å². The number of benzene rings is 2. The highest BCUT2D eigenvalue weighted by Crippen LogP contribution is 2.33. The number of fused-ring (bicyclic) bond motifs is 1. The molecule has 1 atom stereocenters. The Hall–Kier alpha value is -2.04. The maximum absolute atomic E-state index is 6.40. The van der Waals surface area contributed by atoms with E-state index in [4.69, 9.17) is 21.1 Å². The van der Waals surface area contributed by atoms with Crippen LogP contribution in [0, 0.1) is 0 Å². The molecule has 1 aromatic heterocycles. The van der Waals surface area contributed by atoms with E-state index >= 15 is 0 Å². The van der Waals surface area contributed by atoms with Gasteiger partial charge in [-0.25, -0.2) is 0 Å². The van der Waals surface area contributed by atoms with Crippen LogP contribution in [-0.4, -0.2) is 23.1 Å². The van der Waals surface area contributed by atoms with Gasteiger partial charge in [-0.2, -0.15) is 5.10 Å². The van der Waals surface area contributed by atoms with Crippen molar-refractivity contribution in [1.82, 2.24) is 10.2 Å². The van der Waals surface area contributed by atoms with Gasteiger partial charge in [0.05, 0.1) is 23.3 Å². The maximum Gasteiger partial charge on any atom is 0.199 e. The van der Waals surface area contributed by atoms with E-state index in [2.05, 4.69) is 22.3 Å². The lowest BCUT2D eigenvalue weighted by Gasteiger charge is -2.24. The Balaban J connectivity index is 1.59. The molecule has 1 unspecified atom stereocenters. The van der Waals surface area contributed by atoms with Crippen molar-refractivity contribution in [3.63, 3.8) is 0 Å². The first-order valence-corrected chi connectivity index (χ1v) is 8.19. The molecule has 1 fully saturated rings. The predicted molar refractivity (Wildman–Crippen MR) is 90.8 cm³/mol. The van der Waals surface area contributed by atoms with E-state index in [1.54, 1.807) is 0 Å². The van der Waals surface area contributed by atoms with Crippen LogP contribution >= 0.6 is 11.6 Å². The fourth-order valence-corrected chi connectivity index (χ4v) is 3.07. The molecule has 0 saturated carbocycles. The summed E-state index contributed by atoms with van der Waals surface area (Å²) in [5.74, 6) is 0.673. The second-order valence-electron chi connectivity index (χ2n) is 5.73. The van der Waals surface area contributed by atoms with Gasteiger partial charge in [0.15, 0.2) is 6.29 Å². The summed E-state index contributed by atoms with van der Waals surface area (Å²) in [6.45, 7) is 0.755. The van der Waals surface area contributed by atoms with Crippen LogP contribution in [0.25, 0.3) is 22.0 Å². The Morgan fingerprint density at radius 3 is 2.83 bits per heavy atom. The monoisotopic (exact) mass is 328 g/mol. The topological polar surface area (TPSA) is 47.1 Å². The number of hydrogen-bond donors (Lipinski definition) is 1. The molecule has 5 heteroatoms. The van der Waals surface area contributed by atoms with Crippen LogP contribution in [0.4, 0.5) is 0 Å². The predicted octanol–water partition coefficient (Wildman–Crippen LogP) is 4.79. The third-order valence-electron chi connectivity index (χ3n) is 4.10. The number of hydrogen-bond acceptors (Lipinski definition) is 3. The number of nitrogens with zero attached hydrogens (tertiary/aromatic N) is 1. The zero-order chi connectivity index (χ0) is 15.6. The van der Waals surface area contributed by atoms with Crippen LogP contribution in [0.5, 0.6) is 5.75 Å². The molecule has 0 radical (unpaired) electrons. The first-order chi connectivity index (χ1) is 11.3. The van der Waals surface area contributed by atoms with Crippen LogP contribution in [0.1, 0.15) is 19.3 Å². The van der Waals surface area contributed by atoms with Crippen molar-refractivity contribution >= 4 is 22.5 Å². The summed E-state index contributed by atoms with van der Waals surface area (Å²) in [6.07, 6.45) is 4.77. The van der Waals surface area contributed by atoms with Crippen LogP contribution in [0.2, 0.25) is 5.02 Å². The Bertz CT molecular complexity index is 825. The number of halogens is 1. The minimum Gasteiger partial charge on any atom is -0.463 e. The first-order valence-electron chi connectivity index (χ1n) is 7.81. The van der Waals surface area contributed by atoms with Crippen molar-refractivity contribution in [3.05, 3.63) is 47.6 Å². The van der Waals surface area contributed by atoms with Crippen LogP contribution in [-0.2, 0) is 4.74 Å². The second kappa shape index (κ2) is 6.22. The number of ether oxygens (including phenoxy) is 2. The van der Waals surface area contributed by atoms with Gasteiger partial charge in [-0.15, -0.1) is 0 Å². The molecule has 23 heavy (non-hydrogen) atoms. The molecule has 0 amide bonds. The lowest BCUT2D eigenvalue weighted by Crippen LogP contribution is -2.25. The zero-order valence-electron chi connectivity index (χ0n) is 12.6. The summed E-state index contributed by atoms with van der Waals surface area (Å²) in [7, 11) is 0. The molecule has 1 saturated heterocycles. The summed E-state index contributed by atoms with van der Waals surface area (Å²) in [6, 6.07) is 12.0. The maximum atomic E-state index is 6.40. The van der Waals surface area contributed by atoms with Crippen molar-refractivity contribution < 1.29 is 9.47 Å². The Kier molecular flexibility index (Phi) is 3.93. The van der Waals surface area contributed by atoms with E-state index < -0.39 is 0 Å². The smallest absolute Gasteiger partial charge is 0.199 e. The van der Waals surface area contributed by atoms with E-state index in [9.17, 15) is 0 Å². The summed E-state index contributed by atoms with van der Waals surface area (Å²) in [5, 5.41) is 8.68. The van der Waals surface area contributed by atoms with Gasteiger partial charge in [0.2, 0.25) is 0 Å². The van der Waals surface area contributed by atoms with Crippen molar-refractivity contribution in [2.75, 3.05) is 6.61 Å². The normalized spacial score (nSPS) is 18.2. The Morgan fingerprint density at radius 1 is 1.13 bits per heavy atom. The average Bonchev–Trinajstić information content (AvgIpc) is 3.05. The minimum absolute atomic E-state index is 0.186. The quantitative estimate of drug-likeness (QED) is 0.752. The zero-order valence-corrected chi connectivity index (χ0v) is 13.3. The van der Waals surface area contributed by atoms with Gasteiger partial charge in [-0.3, -0.25) is 5.10 Å². The van der Waals surface area contributed by atoms with E-state index in [1.807, 2.05) is 30.5 Å². The molecule has 0 aliphatic carbocycles. The number of H-pyrrole nitrogens is 1. The molecule has 1 aliphatic rings. The highest BCUT2D eigenvalue weighted by molar-refractivity contribution is 6.32. The average molecular weight is 329 g/mol. The molecule has 0 bridgehead atoms. The molecular formula is C18H17ClN2O2. The highest BCUT2D eigenvalue weighted by atomic mass is 35.5. The standard InChI is InChI=1S/C18H17ClN2O2/c19-15-10-13(12-4-6-16-14(9-12)11-20-21-16)5-7-17(15)23-18-3-1-2-8-22-18/h4-7,9-11,18H,1-3,8H2,(H,20,21). The van der Waals surface area contributed by atoms with Gasteiger partial charge in [-0.05, 0) is 48.2 Å². The van der Waals surface area contributed by atoms with Crippen molar-refractivity contribution in [2.24, 2.45) is 0 Å². The van der Waals surface area contributed by atoms with Gasteiger partial charge in [0.1, 0.15) is 5.75 Å². The SMILES string of the molecule is Clc1cc(-c2ccc3[nH]ncc3c2)ccc1OC1CCCCO1. The van der Waals surface area contributed by atoms with Gasteiger partial charge in [0, 0.05) is 11.8 Å². The van der Waals surface area contributed by atoms with Crippen molar-refractivity contribution in [3.8, 4) is 16.9 Å². The molecule has 3 aromatic rings. The molecule has 2 heterocycles. The van der Waals surface area contributed by atoms with Crippen molar-refractivity contribution in [1.29, 1.82) is 0 Å².